The van der Waals surface area contributed by atoms with Crippen LogP contribution in [-0.4, -0.2) is 41.4 Å². The second-order valence-electron chi connectivity index (χ2n) is 4.34. The van der Waals surface area contributed by atoms with Crippen LogP contribution in [0.5, 0.6) is 0 Å². The molecule has 0 aromatic carbocycles. The molecule has 2 heterocycles. The minimum Gasteiger partial charge on any atom is -0.476 e. The van der Waals surface area contributed by atoms with Crippen LogP contribution in [0.2, 0.25) is 0 Å². The molecule has 5 nitrogen and oxygen atoms in total. The molecule has 0 unspecified atom stereocenters. The quantitative estimate of drug-likeness (QED) is 0.840. The van der Waals surface area contributed by atoms with Crippen LogP contribution in [0.1, 0.15) is 24.3 Å². The summed E-state index contributed by atoms with van der Waals surface area (Å²) in [7, 11) is 0. The molecule has 1 N–H and O–H groups in total. The van der Waals surface area contributed by atoms with Crippen molar-refractivity contribution in [3.63, 3.8) is 0 Å². The highest BCUT2D eigenvalue weighted by Gasteiger charge is 2.25. The first kappa shape index (κ1) is 11.9. The van der Waals surface area contributed by atoms with Crippen LogP contribution in [0.3, 0.4) is 0 Å². The summed E-state index contributed by atoms with van der Waals surface area (Å²) in [5.41, 5.74) is 0.774. The van der Waals surface area contributed by atoms with E-state index in [4.69, 9.17) is 9.84 Å². The Kier molecular flexibility index (Phi) is 3.28. The van der Waals surface area contributed by atoms with Gasteiger partial charge >= 0.3 is 5.97 Å². The number of anilines is 1. The van der Waals surface area contributed by atoms with Gasteiger partial charge in [-0.1, -0.05) is 0 Å². The van der Waals surface area contributed by atoms with E-state index in [9.17, 15) is 4.79 Å². The van der Waals surface area contributed by atoms with Gasteiger partial charge in [-0.3, -0.25) is 0 Å². The number of carbonyl (C=O) groups is 1. The molecule has 0 spiro atoms. The average Bonchev–Trinajstić information content (AvgIpc) is 2.27. The van der Waals surface area contributed by atoms with Crippen molar-refractivity contribution in [2.24, 2.45) is 0 Å². The first-order valence-corrected chi connectivity index (χ1v) is 5.66. The van der Waals surface area contributed by atoms with Gasteiger partial charge < -0.3 is 14.7 Å². The second-order valence-corrected chi connectivity index (χ2v) is 4.34. The first-order chi connectivity index (χ1) is 8.08. The highest BCUT2D eigenvalue weighted by atomic mass is 16.5. The highest BCUT2D eigenvalue weighted by molar-refractivity contribution is 5.92. The summed E-state index contributed by atoms with van der Waals surface area (Å²) in [6.45, 7) is 5.35. The van der Waals surface area contributed by atoms with Gasteiger partial charge in [-0.05, 0) is 26.0 Å². The van der Waals surface area contributed by atoms with Gasteiger partial charge in [0.15, 0.2) is 5.69 Å². The number of ether oxygens (including phenoxy) is 1. The zero-order chi connectivity index (χ0) is 12.4. The third kappa shape index (κ3) is 2.55. The third-order valence-corrected chi connectivity index (χ3v) is 2.75. The van der Waals surface area contributed by atoms with Crippen LogP contribution in [-0.2, 0) is 4.74 Å². The van der Waals surface area contributed by atoms with Crippen LogP contribution in [0, 0.1) is 0 Å². The van der Waals surface area contributed by atoms with Crippen molar-refractivity contribution in [2.45, 2.75) is 26.1 Å². The van der Waals surface area contributed by atoms with Crippen LogP contribution in [0.4, 0.5) is 5.69 Å². The van der Waals surface area contributed by atoms with Crippen molar-refractivity contribution in [3.05, 3.63) is 24.0 Å². The number of hydrogen-bond donors (Lipinski definition) is 1. The van der Waals surface area contributed by atoms with E-state index in [-0.39, 0.29) is 17.9 Å². The van der Waals surface area contributed by atoms with Gasteiger partial charge in [0.05, 0.1) is 17.9 Å². The molecule has 2 atom stereocenters. The maximum absolute atomic E-state index is 11.1. The standard InChI is InChI=1S/C12H16N2O3/c1-8-6-14(7-9(2)17-8)10-4-3-5-13-11(10)12(15)16/h3-5,8-9H,6-7H2,1-2H3,(H,15,16)/t8-,9+. The van der Waals surface area contributed by atoms with E-state index in [1.807, 2.05) is 18.7 Å². The fourth-order valence-electron chi connectivity index (χ4n) is 2.19. The normalized spacial score (nSPS) is 24.7. The topological polar surface area (TPSA) is 62.7 Å². The number of carboxylic acids is 1. The van der Waals surface area contributed by atoms with Crippen LogP contribution in [0.15, 0.2) is 18.3 Å². The molecule has 2 rings (SSSR count). The largest absolute Gasteiger partial charge is 0.476 e. The van der Waals surface area contributed by atoms with Gasteiger partial charge in [-0.25, -0.2) is 9.78 Å². The Morgan fingerprint density at radius 2 is 2.12 bits per heavy atom. The molecule has 1 aromatic rings. The lowest BCUT2D eigenvalue weighted by molar-refractivity contribution is -0.00534. The predicted molar refractivity (Wildman–Crippen MR) is 63.4 cm³/mol. The van der Waals surface area contributed by atoms with Crippen LogP contribution >= 0.6 is 0 Å². The van der Waals surface area contributed by atoms with Gasteiger partial charge in [0.25, 0.3) is 0 Å². The maximum Gasteiger partial charge on any atom is 0.356 e. The van der Waals surface area contributed by atoms with Crippen molar-refractivity contribution >= 4 is 11.7 Å². The van der Waals surface area contributed by atoms with E-state index in [0.717, 1.165) is 0 Å². The Morgan fingerprint density at radius 3 is 2.71 bits per heavy atom. The summed E-state index contributed by atoms with van der Waals surface area (Å²) in [6, 6.07) is 3.55. The fraction of sp³-hybridized carbons (Fsp3) is 0.500. The number of nitrogens with zero attached hydrogens (tertiary/aromatic N) is 2. The Labute approximate surface area is 100 Å². The number of pyridine rings is 1. The lowest BCUT2D eigenvalue weighted by Gasteiger charge is -2.37. The SMILES string of the molecule is C[C@@H]1CN(c2cccnc2C(=O)O)C[C@H](C)O1. The molecule has 1 aromatic heterocycles. The van der Waals surface area contributed by atoms with Crippen molar-refractivity contribution in [3.8, 4) is 0 Å². The summed E-state index contributed by atoms with van der Waals surface area (Å²) in [4.78, 5) is 17.1. The van der Waals surface area contributed by atoms with Gasteiger partial charge in [0, 0.05) is 19.3 Å². The van der Waals surface area contributed by atoms with Crippen molar-refractivity contribution in [2.75, 3.05) is 18.0 Å². The zero-order valence-corrected chi connectivity index (χ0v) is 9.96. The van der Waals surface area contributed by atoms with Crippen molar-refractivity contribution in [1.82, 2.24) is 4.98 Å². The summed E-state index contributed by atoms with van der Waals surface area (Å²) < 4.78 is 5.63. The minimum absolute atomic E-state index is 0.0978. The summed E-state index contributed by atoms with van der Waals surface area (Å²) >= 11 is 0. The second kappa shape index (κ2) is 4.71. The molecule has 1 fully saturated rings. The predicted octanol–water partition coefficient (Wildman–Crippen LogP) is 1.39. The lowest BCUT2D eigenvalue weighted by atomic mass is 10.2. The molecule has 1 aliphatic rings. The van der Waals surface area contributed by atoms with Gasteiger partial charge in [-0.15, -0.1) is 0 Å². The molecule has 0 aliphatic carbocycles. The molecule has 5 heteroatoms. The summed E-state index contributed by atoms with van der Waals surface area (Å²) in [5.74, 6) is -0.993. The number of rotatable bonds is 2. The van der Waals surface area contributed by atoms with Crippen LogP contribution < -0.4 is 4.90 Å². The number of carboxylic acid groups (broad SMARTS) is 1. The summed E-state index contributed by atoms with van der Waals surface area (Å²) in [5, 5.41) is 9.11. The van der Waals surface area contributed by atoms with E-state index in [1.54, 1.807) is 12.1 Å². The van der Waals surface area contributed by atoms with Crippen molar-refractivity contribution in [1.29, 1.82) is 0 Å². The van der Waals surface area contributed by atoms with Crippen molar-refractivity contribution < 1.29 is 14.6 Å². The van der Waals surface area contributed by atoms with Gasteiger partial charge in [0.1, 0.15) is 0 Å². The molecular formula is C12H16N2O3. The lowest BCUT2D eigenvalue weighted by Crippen LogP contribution is -2.46. The molecule has 92 valence electrons. The van der Waals surface area contributed by atoms with Gasteiger partial charge in [0.2, 0.25) is 0 Å². The van der Waals surface area contributed by atoms with E-state index >= 15 is 0 Å². The van der Waals surface area contributed by atoms with E-state index in [2.05, 4.69) is 4.98 Å². The number of hydrogen-bond acceptors (Lipinski definition) is 4. The Balaban J connectivity index is 2.30. The molecule has 0 radical (unpaired) electrons. The number of morpholine rings is 1. The average molecular weight is 236 g/mol. The van der Waals surface area contributed by atoms with Crippen LogP contribution in [0.25, 0.3) is 0 Å². The molecule has 1 aliphatic heterocycles. The van der Waals surface area contributed by atoms with E-state index in [0.29, 0.717) is 18.8 Å². The summed E-state index contributed by atoms with van der Waals surface area (Å²) in [6.07, 6.45) is 1.70. The molecular weight excluding hydrogens is 220 g/mol. The molecule has 0 saturated carbocycles. The molecule has 0 amide bonds. The third-order valence-electron chi connectivity index (χ3n) is 2.75. The fourth-order valence-corrected chi connectivity index (χ4v) is 2.19. The molecule has 17 heavy (non-hydrogen) atoms. The molecule has 0 bridgehead atoms. The Bertz CT molecular complexity index is 412. The van der Waals surface area contributed by atoms with E-state index < -0.39 is 5.97 Å². The monoisotopic (exact) mass is 236 g/mol. The zero-order valence-electron chi connectivity index (χ0n) is 9.96. The number of aromatic carboxylic acids is 1. The first-order valence-electron chi connectivity index (χ1n) is 5.66. The van der Waals surface area contributed by atoms with Gasteiger partial charge in [-0.2, -0.15) is 0 Å². The Hall–Kier alpha value is -1.62. The number of aromatic nitrogens is 1. The Morgan fingerprint density at radius 1 is 1.47 bits per heavy atom. The maximum atomic E-state index is 11.1. The smallest absolute Gasteiger partial charge is 0.356 e. The minimum atomic E-state index is -0.993. The molecule has 1 saturated heterocycles. The van der Waals surface area contributed by atoms with E-state index in [1.165, 1.54) is 6.20 Å². The highest BCUT2D eigenvalue weighted by Crippen LogP contribution is 2.22.